The molecule has 2 fully saturated rings. The minimum absolute atomic E-state index is 0.101. The number of amides is 2. The zero-order valence-electron chi connectivity index (χ0n) is 34.5. The first-order valence-corrected chi connectivity index (χ1v) is 19.6. The molecule has 11 heteroatoms. The van der Waals surface area contributed by atoms with Gasteiger partial charge in [-0.15, -0.1) is 0 Å². The Balaban J connectivity index is 0.000000654. The van der Waals surface area contributed by atoms with Crippen LogP contribution in [-0.2, 0) is 22.6 Å². The number of carbonyl (C=O) groups excluding carboxylic acids is 2. The summed E-state index contributed by atoms with van der Waals surface area (Å²) < 4.78 is 5.95. The monoisotopic (exact) mass is 759 g/mol. The third-order valence-corrected chi connectivity index (χ3v) is 10.8. The average Bonchev–Trinajstić information content (AvgIpc) is 3.50. The summed E-state index contributed by atoms with van der Waals surface area (Å²) in [5, 5.41) is 15.2. The Hall–Kier alpha value is -4.00. The first-order valence-electron chi connectivity index (χ1n) is 19.6. The van der Waals surface area contributed by atoms with Crippen LogP contribution >= 0.6 is 0 Å². The summed E-state index contributed by atoms with van der Waals surface area (Å²) in [6, 6.07) is 20.6. The Morgan fingerprint density at radius 2 is 1.78 bits per heavy atom. The van der Waals surface area contributed by atoms with E-state index in [2.05, 4.69) is 43.1 Å². The van der Waals surface area contributed by atoms with Crippen molar-refractivity contribution in [1.29, 1.82) is 0 Å². The van der Waals surface area contributed by atoms with Crippen LogP contribution in [0, 0.1) is 17.3 Å². The van der Waals surface area contributed by atoms with E-state index in [0.717, 1.165) is 33.9 Å². The van der Waals surface area contributed by atoms with Crippen molar-refractivity contribution in [3.8, 4) is 16.9 Å². The highest BCUT2D eigenvalue weighted by Crippen LogP contribution is 2.39. The number of methoxy groups -OCH3 is 1. The standard InChI is InChI=1S/C35H48N6O5.C9H18/c1-22(42)31-30(19-36)46-41(32(31)34(37)43)20-24-13-10-14-29(33(24)45-6)25-16-26(18-28(17-25)40(4)5)35(44)38-27(21-39(2)3)15-23-11-8-7-9-12-23;1-8-5-4-6-9(2,3)7-8/h7-14,16-18,22,27,30-32,42H,15,19-21,36H2,1-6H3,(H2,37,43)(H,38,44);8H,4-7H2,1-3H3/t22-,27?,30?,31?,32?;/m0./s1. The van der Waals surface area contributed by atoms with Crippen molar-refractivity contribution >= 4 is 17.5 Å². The molecular formula is C44H66N6O5. The van der Waals surface area contributed by atoms with Crippen molar-refractivity contribution in [3.63, 3.8) is 0 Å². The Bertz CT molecular complexity index is 1700. The Kier molecular flexibility index (Phi) is 15.7. The molecule has 0 aromatic heterocycles. The van der Waals surface area contributed by atoms with Gasteiger partial charge in [-0.2, -0.15) is 5.06 Å². The van der Waals surface area contributed by atoms with Crippen molar-refractivity contribution in [2.24, 2.45) is 28.7 Å². The fraction of sp³-hybridized carbons (Fsp3) is 0.545. The number of nitrogens with zero attached hydrogens (tertiary/aromatic N) is 3. The molecule has 6 N–H and O–H groups in total. The highest BCUT2D eigenvalue weighted by atomic mass is 16.7. The lowest BCUT2D eigenvalue weighted by molar-refractivity contribution is -0.172. The molecule has 6 atom stereocenters. The molecule has 11 nitrogen and oxygen atoms in total. The van der Waals surface area contributed by atoms with Gasteiger partial charge in [0.25, 0.3) is 5.91 Å². The normalized spacial score (nSPS) is 22.0. The van der Waals surface area contributed by atoms with Gasteiger partial charge in [-0.3, -0.25) is 14.4 Å². The SMILES string of the molecule is CC1CCCC(C)(C)C1.COc1c(CN2OC(CN)C([C@H](C)O)C2C(N)=O)cccc1-c1cc(C(=O)NC(Cc2ccccc2)CN(C)C)cc(N(C)C)c1. The minimum Gasteiger partial charge on any atom is -0.496 e. The van der Waals surface area contributed by atoms with Crippen LogP contribution in [0.5, 0.6) is 5.75 Å². The number of rotatable bonds is 14. The summed E-state index contributed by atoms with van der Waals surface area (Å²) in [5.41, 5.74) is 17.2. The summed E-state index contributed by atoms with van der Waals surface area (Å²) in [5.74, 6) is 0.193. The molecule has 2 aliphatic rings. The van der Waals surface area contributed by atoms with Gasteiger partial charge in [-0.25, -0.2) is 0 Å². The molecule has 0 spiro atoms. The van der Waals surface area contributed by atoms with E-state index in [1.165, 1.54) is 30.7 Å². The molecule has 1 saturated carbocycles. The van der Waals surface area contributed by atoms with Gasteiger partial charge in [0.1, 0.15) is 11.8 Å². The van der Waals surface area contributed by atoms with Crippen LogP contribution in [0.25, 0.3) is 11.1 Å². The lowest BCUT2D eigenvalue weighted by atomic mass is 9.73. The van der Waals surface area contributed by atoms with Crippen LogP contribution in [0.2, 0.25) is 0 Å². The number of hydroxylamine groups is 2. The number of hydrogen-bond acceptors (Lipinski definition) is 9. The van der Waals surface area contributed by atoms with E-state index in [4.69, 9.17) is 21.0 Å². The first kappa shape index (κ1) is 43.7. The molecule has 5 unspecified atom stereocenters. The van der Waals surface area contributed by atoms with Crippen molar-refractivity contribution in [3.05, 3.63) is 83.4 Å². The highest BCUT2D eigenvalue weighted by Gasteiger charge is 2.48. The highest BCUT2D eigenvalue weighted by molar-refractivity contribution is 5.97. The van der Waals surface area contributed by atoms with E-state index < -0.39 is 30.1 Å². The Morgan fingerprint density at radius 3 is 2.33 bits per heavy atom. The smallest absolute Gasteiger partial charge is 0.251 e. The molecule has 5 rings (SSSR count). The Morgan fingerprint density at radius 1 is 1.07 bits per heavy atom. The van der Waals surface area contributed by atoms with Gasteiger partial charge in [0.05, 0.1) is 25.9 Å². The molecule has 1 aliphatic heterocycles. The van der Waals surface area contributed by atoms with Gasteiger partial charge in [-0.05, 0) is 80.9 Å². The fourth-order valence-corrected chi connectivity index (χ4v) is 8.29. The average molecular weight is 759 g/mol. The topological polar surface area (TPSA) is 147 Å². The van der Waals surface area contributed by atoms with Crippen molar-refractivity contribution in [2.75, 3.05) is 53.3 Å². The summed E-state index contributed by atoms with van der Waals surface area (Å²) in [7, 11) is 9.43. The Labute approximate surface area is 329 Å². The van der Waals surface area contributed by atoms with Crippen LogP contribution in [-0.4, -0.2) is 99.6 Å². The van der Waals surface area contributed by atoms with Crippen LogP contribution < -0.4 is 26.4 Å². The van der Waals surface area contributed by atoms with Crippen molar-refractivity contribution in [2.45, 2.75) is 90.6 Å². The molecule has 1 aliphatic carbocycles. The second kappa shape index (κ2) is 19.7. The summed E-state index contributed by atoms with van der Waals surface area (Å²) in [6.07, 6.45) is 5.07. The van der Waals surface area contributed by atoms with E-state index >= 15 is 0 Å². The van der Waals surface area contributed by atoms with Crippen molar-refractivity contribution < 1.29 is 24.3 Å². The number of benzene rings is 3. The molecule has 2 amide bonds. The molecular weight excluding hydrogens is 693 g/mol. The largest absolute Gasteiger partial charge is 0.496 e. The second-order valence-electron chi connectivity index (χ2n) is 16.8. The molecule has 1 saturated heterocycles. The molecule has 0 radical (unpaired) electrons. The fourth-order valence-electron chi connectivity index (χ4n) is 8.29. The zero-order valence-corrected chi connectivity index (χ0v) is 34.5. The van der Waals surface area contributed by atoms with Gasteiger partial charge in [-0.1, -0.05) is 82.1 Å². The summed E-state index contributed by atoms with van der Waals surface area (Å²) in [6.45, 7) is 9.73. The molecule has 55 heavy (non-hydrogen) atoms. The number of anilines is 1. The van der Waals surface area contributed by atoms with E-state index in [-0.39, 0.29) is 25.0 Å². The van der Waals surface area contributed by atoms with Crippen LogP contribution in [0.4, 0.5) is 5.69 Å². The van der Waals surface area contributed by atoms with Gasteiger partial charge >= 0.3 is 0 Å². The van der Waals surface area contributed by atoms with E-state index in [9.17, 15) is 14.7 Å². The molecule has 3 aromatic carbocycles. The zero-order chi connectivity index (χ0) is 40.4. The van der Waals surface area contributed by atoms with Crippen molar-refractivity contribution in [1.82, 2.24) is 15.3 Å². The summed E-state index contributed by atoms with van der Waals surface area (Å²) in [4.78, 5) is 36.4. The van der Waals surface area contributed by atoms with Gasteiger partial charge in [0.15, 0.2) is 0 Å². The number of nitrogens with one attached hydrogen (secondary N) is 1. The van der Waals surface area contributed by atoms with Gasteiger partial charge < -0.3 is 36.4 Å². The lowest BCUT2D eigenvalue weighted by Gasteiger charge is -2.33. The number of aliphatic hydroxyl groups excluding tert-OH is 1. The van der Waals surface area contributed by atoms with E-state index in [1.807, 2.05) is 87.7 Å². The number of hydrogen-bond donors (Lipinski definition) is 4. The number of nitrogens with two attached hydrogens (primary N) is 2. The minimum atomic E-state index is -0.875. The van der Waals surface area contributed by atoms with Crippen LogP contribution in [0.15, 0.2) is 66.7 Å². The predicted molar refractivity (Wildman–Crippen MR) is 222 cm³/mol. The van der Waals surface area contributed by atoms with Crippen LogP contribution in [0.1, 0.15) is 74.9 Å². The third-order valence-electron chi connectivity index (χ3n) is 10.8. The second-order valence-corrected chi connectivity index (χ2v) is 16.8. The number of carbonyl (C=O) groups is 2. The quantitative estimate of drug-likeness (QED) is 0.168. The van der Waals surface area contributed by atoms with E-state index in [1.54, 1.807) is 14.0 Å². The maximum atomic E-state index is 13.8. The maximum Gasteiger partial charge on any atom is 0.251 e. The molecule has 1 heterocycles. The number of ether oxygens (including phenoxy) is 1. The van der Waals surface area contributed by atoms with Crippen LogP contribution in [0.3, 0.4) is 0 Å². The van der Waals surface area contributed by atoms with Gasteiger partial charge in [0, 0.05) is 61.5 Å². The number of aliphatic hydroxyl groups is 1. The summed E-state index contributed by atoms with van der Waals surface area (Å²) >= 11 is 0. The number of likely N-dealkylation sites (N-methyl/N-ethyl adjacent to an activating group) is 1. The molecule has 0 bridgehead atoms. The lowest BCUT2D eigenvalue weighted by Crippen LogP contribution is -2.47. The first-order chi connectivity index (χ1) is 26.0. The molecule has 3 aromatic rings. The molecule has 302 valence electrons. The third kappa shape index (κ3) is 12.0. The predicted octanol–water partition coefficient (Wildman–Crippen LogP) is 5.48. The van der Waals surface area contributed by atoms with E-state index in [0.29, 0.717) is 29.7 Å². The maximum absolute atomic E-state index is 13.8. The number of primary amides is 1. The number of para-hydroxylation sites is 1. The van der Waals surface area contributed by atoms with Gasteiger partial charge in [0.2, 0.25) is 5.91 Å².